The van der Waals surface area contributed by atoms with Gasteiger partial charge in [-0.3, -0.25) is 9.59 Å². The molecule has 1 heterocycles. The third-order valence-electron chi connectivity index (χ3n) is 5.25. The van der Waals surface area contributed by atoms with Gasteiger partial charge in [-0.2, -0.15) is 0 Å². The molecule has 1 saturated carbocycles. The molecule has 5 nitrogen and oxygen atoms in total. The zero-order chi connectivity index (χ0) is 18.3. The summed E-state index contributed by atoms with van der Waals surface area (Å²) < 4.78 is 5.87. The van der Waals surface area contributed by atoms with E-state index in [2.05, 4.69) is 17.6 Å². The zero-order valence-electron chi connectivity index (χ0n) is 14.9. The summed E-state index contributed by atoms with van der Waals surface area (Å²) >= 11 is 0. The van der Waals surface area contributed by atoms with Crippen molar-refractivity contribution in [2.45, 2.75) is 25.3 Å². The lowest BCUT2D eigenvalue weighted by molar-refractivity contribution is 0.0949. The number of nitrogens with one attached hydrogen (secondary N) is 2. The van der Waals surface area contributed by atoms with Crippen molar-refractivity contribution < 1.29 is 14.3 Å². The maximum atomic E-state index is 12.7. The van der Waals surface area contributed by atoms with Gasteiger partial charge in [0.05, 0.1) is 12.2 Å². The van der Waals surface area contributed by atoms with Gasteiger partial charge in [-0.05, 0) is 30.0 Å². The third kappa shape index (κ3) is 2.94. The highest BCUT2D eigenvalue weighted by molar-refractivity contribution is 6.02. The Morgan fingerprint density at radius 3 is 2.50 bits per heavy atom. The molecule has 4 rings (SSSR count). The number of hydrogen-bond acceptors (Lipinski definition) is 3. The van der Waals surface area contributed by atoms with E-state index in [1.165, 1.54) is 0 Å². The zero-order valence-corrected chi connectivity index (χ0v) is 14.9. The van der Waals surface area contributed by atoms with Crippen LogP contribution in [0.1, 0.15) is 51.1 Å². The quantitative estimate of drug-likeness (QED) is 0.891. The Morgan fingerprint density at radius 2 is 1.85 bits per heavy atom. The molecule has 1 aliphatic carbocycles. The van der Waals surface area contributed by atoms with Crippen LogP contribution in [0.2, 0.25) is 0 Å². The van der Waals surface area contributed by atoms with Gasteiger partial charge in [-0.15, -0.1) is 0 Å². The summed E-state index contributed by atoms with van der Waals surface area (Å²) in [6, 6.07) is 13.8. The van der Waals surface area contributed by atoms with Crippen LogP contribution in [0.15, 0.2) is 42.5 Å². The Hall–Kier alpha value is -2.82. The number of carbonyl (C=O) groups excluding carboxylic acids is 2. The first-order valence-electron chi connectivity index (χ1n) is 8.97. The van der Waals surface area contributed by atoms with Crippen LogP contribution >= 0.6 is 0 Å². The maximum Gasteiger partial charge on any atom is 0.254 e. The van der Waals surface area contributed by atoms with Gasteiger partial charge in [0.1, 0.15) is 5.75 Å². The smallest absolute Gasteiger partial charge is 0.254 e. The van der Waals surface area contributed by atoms with Gasteiger partial charge in [0.2, 0.25) is 0 Å². The minimum Gasteiger partial charge on any atom is -0.491 e. The Labute approximate surface area is 152 Å². The first kappa shape index (κ1) is 16.6. The van der Waals surface area contributed by atoms with Gasteiger partial charge in [0, 0.05) is 30.1 Å². The largest absolute Gasteiger partial charge is 0.491 e. The molecule has 0 radical (unpaired) electrons. The van der Waals surface area contributed by atoms with Gasteiger partial charge in [-0.1, -0.05) is 37.3 Å². The second-order valence-corrected chi connectivity index (χ2v) is 7.09. The van der Waals surface area contributed by atoms with E-state index in [1.54, 1.807) is 13.1 Å². The number of amides is 2. The monoisotopic (exact) mass is 350 g/mol. The van der Waals surface area contributed by atoms with Crippen LogP contribution in [0.25, 0.3) is 0 Å². The van der Waals surface area contributed by atoms with Gasteiger partial charge in [-0.25, -0.2) is 0 Å². The van der Waals surface area contributed by atoms with Crippen LogP contribution in [0.3, 0.4) is 0 Å². The molecule has 0 spiro atoms. The molecule has 26 heavy (non-hydrogen) atoms. The second-order valence-electron chi connectivity index (χ2n) is 7.09. The molecule has 0 saturated heterocycles. The number of benzene rings is 2. The van der Waals surface area contributed by atoms with E-state index in [9.17, 15) is 9.59 Å². The van der Waals surface area contributed by atoms with E-state index in [-0.39, 0.29) is 23.8 Å². The highest BCUT2D eigenvalue weighted by atomic mass is 16.5. The summed E-state index contributed by atoms with van der Waals surface area (Å²) in [5.41, 5.74) is 2.93. The van der Waals surface area contributed by atoms with Crippen LogP contribution in [-0.4, -0.2) is 31.5 Å². The van der Waals surface area contributed by atoms with Crippen molar-refractivity contribution in [3.8, 4) is 5.75 Å². The normalized spacial score (nSPS) is 22.9. The Kier molecular flexibility index (Phi) is 4.15. The summed E-state index contributed by atoms with van der Waals surface area (Å²) in [6.07, 6.45) is 1.01. The average molecular weight is 350 g/mol. The van der Waals surface area contributed by atoms with Gasteiger partial charge >= 0.3 is 0 Å². The van der Waals surface area contributed by atoms with Crippen LogP contribution in [0, 0.1) is 5.92 Å². The number of hydrogen-bond donors (Lipinski definition) is 2. The van der Waals surface area contributed by atoms with Crippen LogP contribution < -0.4 is 15.4 Å². The first-order chi connectivity index (χ1) is 12.6. The number of ether oxygens (including phenoxy) is 1. The molecule has 0 aromatic heterocycles. The maximum absolute atomic E-state index is 12.7. The second kappa shape index (κ2) is 6.48. The van der Waals surface area contributed by atoms with Crippen molar-refractivity contribution in [3.63, 3.8) is 0 Å². The summed E-state index contributed by atoms with van der Waals surface area (Å²) in [6.45, 7) is 2.58. The fraction of sp³-hybridized carbons (Fsp3) is 0.333. The third-order valence-corrected chi connectivity index (χ3v) is 5.25. The Morgan fingerprint density at radius 1 is 1.12 bits per heavy atom. The van der Waals surface area contributed by atoms with Crippen molar-refractivity contribution in [3.05, 3.63) is 64.7 Å². The lowest BCUT2D eigenvalue weighted by Crippen LogP contribution is -2.27. The topological polar surface area (TPSA) is 67.4 Å². The predicted molar refractivity (Wildman–Crippen MR) is 98.6 cm³/mol. The minimum atomic E-state index is -0.246. The van der Waals surface area contributed by atoms with Crippen molar-refractivity contribution in [2.75, 3.05) is 13.7 Å². The molecule has 1 fully saturated rings. The van der Waals surface area contributed by atoms with E-state index in [4.69, 9.17) is 4.74 Å². The SMILES string of the molecule is CNC(=O)c1cc(C(=O)N[C@H]2C[C@@H]2C)cc2c1OC[C@@H]2c1ccccc1. The lowest BCUT2D eigenvalue weighted by Gasteiger charge is -2.13. The number of rotatable bonds is 4. The van der Waals surface area contributed by atoms with Crippen LogP contribution in [-0.2, 0) is 0 Å². The Bertz CT molecular complexity index is 863. The predicted octanol–water partition coefficient (Wildman–Crippen LogP) is 2.71. The van der Waals surface area contributed by atoms with E-state index in [1.807, 2.05) is 36.4 Å². The Balaban J connectivity index is 1.75. The van der Waals surface area contributed by atoms with Crippen LogP contribution in [0.4, 0.5) is 0 Å². The highest BCUT2D eigenvalue weighted by Crippen LogP contribution is 2.41. The molecule has 1 aliphatic heterocycles. The molecular formula is C21H22N2O3. The first-order valence-corrected chi connectivity index (χ1v) is 8.97. The van der Waals surface area contributed by atoms with Crippen molar-refractivity contribution >= 4 is 11.8 Å². The standard InChI is InChI=1S/C21H22N2O3/c1-12-8-18(12)23-20(24)14-9-15-17(13-6-4-3-5-7-13)11-26-19(15)16(10-14)21(25)22-2/h3-7,9-10,12,17-18H,8,11H2,1-2H3,(H,22,25)(H,23,24)/t12-,17+,18-/m0/s1. The molecule has 2 N–H and O–H groups in total. The van der Waals surface area contributed by atoms with Gasteiger partial charge in [0.15, 0.2) is 0 Å². The molecule has 2 aromatic carbocycles. The molecule has 0 unspecified atom stereocenters. The van der Waals surface area contributed by atoms with Gasteiger partial charge in [0.25, 0.3) is 11.8 Å². The van der Waals surface area contributed by atoms with E-state index in [0.29, 0.717) is 29.4 Å². The lowest BCUT2D eigenvalue weighted by atomic mass is 9.90. The van der Waals surface area contributed by atoms with E-state index >= 15 is 0 Å². The van der Waals surface area contributed by atoms with Gasteiger partial charge < -0.3 is 15.4 Å². The molecule has 0 bridgehead atoms. The molecule has 5 heteroatoms. The van der Waals surface area contributed by atoms with E-state index < -0.39 is 0 Å². The average Bonchev–Trinajstić information content (AvgIpc) is 3.19. The fourth-order valence-corrected chi connectivity index (χ4v) is 3.50. The molecule has 2 amide bonds. The molecule has 134 valence electrons. The number of carbonyl (C=O) groups is 2. The number of fused-ring (bicyclic) bond motifs is 1. The molecule has 2 aliphatic rings. The van der Waals surface area contributed by atoms with E-state index in [0.717, 1.165) is 17.5 Å². The molecule has 3 atom stereocenters. The summed E-state index contributed by atoms with van der Waals surface area (Å²) in [4.78, 5) is 25.0. The highest BCUT2D eigenvalue weighted by Gasteiger charge is 2.35. The fourth-order valence-electron chi connectivity index (χ4n) is 3.50. The molecule has 2 aromatic rings. The summed E-state index contributed by atoms with van der Waals surface area (Å²) in [5.74, 6) is 0.736. The van der Waals surface area contributed by atoms with Crippen LogP contribution in [0.5, 0.6) is 5.75 Å². The molecular weight excluding hydrogens is 328 g/mol. The van der Waals surface area contributed by atoms with Crippen molar-refractivity contribution in [2.24, 2.45) is 5.92 Å². The minimum absolute atomic E-state index is 0.0159. The van der Waals surface area contributed by atoms with Crippen molar-refractivity contribution in [1.82, 2.24) is 10.6 Å². The van der Waals surface area contributed by atoms with Crippen molar-refractivity contribution in [1.29, 1.82) is 0 Å². The summed E-state index contributed by atoms with van der Waals surface area (Å²) in [5, 5.41) is 5.68. The summed E-state index contributed by atoms with van der Waals surface area (Å²) in [7, 11) is 1.58.